The van der Waals surface area contributed by atoms with Crippen molar-refractivity contribution in [2.45, 2.75) is 0 Å². The first-order valence-electron chi connectivity index (χ1n) is 17.1. The van der Waals surface area contributed by atoms with E-state index >= 15 is 0 Å². The van der Waals surface area contributed by atoms with Crippen LogP contribution >= 0.6 is 0 Å². The molecule has 0 bridgehead atoms. The summed E-state index contributed by atoms with van der Waals surface area (Å²) in [6.45, 7) is 39.5. The van der Waals surface area contributed by atoms with Gasteiger partial charge in [-0.3, -0.25) is 60.7 Å². The molecular weight excluding hydrogens is 963 g/mol. The first-order valence-corrected chi connectivity index (χ1v) is 17.1. The number of benzene rings is 6. The van der Waals surface area contributed by atoms with Gasteiger partial charge >= 0.3 is 0 Å². The second-order valence-corrected chi connectivity index (χ2v) is 11.3. The Morgan fingerprint density at radius 3 is 0.478 bits per heavy atom. The number of nitro groups is 6. The third kappa shape index (κ3) is 21.6. The summed E-state index contributed by atoms with van der Waals surface area (Å²) >= 11 is 0. The minimum atomic E-state index is -0.519. The van der Waals surface area contributed by atoms with Gasteiger partial charge in [0.1, 0.15) is 0 Å². The molecule has 0 atom stereocenters. The van der Waals surface area contributed by atoms with Crippen LogP contribution in [0.4, 0.5) is 68.2 Å². The van der Waals surface area contributed by atoms with Crippen molar-refractivity contribution in [1.82, 2.24) is 0 Å². The van der Waals surface area contributed by atoms with E-state index in [1.807, 2.05) is 0 Å². The van der Waals surface area contributed by atoms with E-state index in [0.29, 0.717) is 34.1 Å². The van der Waals surface area contributed by atoms with Gasteiger partial charge in [-0.05, 0) is 0 Å². The van der Waals surface area contributed by atoms with E-state index in [4.69, 9.17) is 39.4 Å². The maximum atomic E-state index is 10.2. The van der Waals surface area contributed by atoms with Crippen molar-refractivity contribution in [3.8, 4) is 0 Å². The van der Waals surface area contributed by atoms with E-state index in [2.05, 4.69) is 29.1 Å². The summed E-state index contributed by atoms with van der Waals surface area (Å²) in [5.74, 6) is 0. The number of hydrogen-bond donors (Lipinski definition) is 0. The molecule has 0 heterocycles. The molecule has 1 radical (unpaired) electrons. The molecule has 0 spiro atoms. The van der Waals surface area contributed by atoms with Crippen LogP contribution in [0.1, 0.15) is 0 Å². The van der Waals surface area contributed by atoms with Crippen LogP contribution in [0.5, 0.6) is 0 Å². The van der Waals surface area contributed by atoms with Gasteiger partial charge in [0.2, 0.25) is 0 Å². The van der Waals surface area contributed by atoms with Gasteiger partial charge in [-0.2, -0.15) is 0 Å². The molecule has 0 aliphatic rings. The third-order valence-corrected chi connectivity index (χ3v) is 7.02. The first kappa shape index (κ1) is 56.3. The molecule has 0 saturated carbocycles. The number of hydrogen-bond acceptors (Lipinski definition) is 12. The van der Waals surface area contributed by atoms with Gasteiger partial charge in [0, 0.05) is 92.9 Å². The van der Waals surface area contributed by atoms with E-state index in [0.717, 1.165) is 0 Å². The monoisotopic (exact) mass is 987 g/mol. The molecule has 0 aliphatic carbocycles. The molecule has 0 N–H and O–H groups in total. The van der Waals surface area contributed by atoms with Gasteiger partial charge in [0.25, 0.3) is 34.1 Å². The summed E-state index contributed by atoms with van der Waals surface area (Å²) in [5, 5.41) is 61.0. The Morgan fingerprint density at radius 2 is 0.388 bits per heavy atom. The SMILES string of the molecule is [99Tc].[C-]#[N+]c1cccc([N+](=O)[O-])c1.[C-]#[N+]c1cccc([N+](=O)[O-])c1.[C-]#[N+]c1cccc([N+](=O)[O-])c1.[C-]#[N+]c1cccc([N+](=O)[O-])c1.[C-]#[N+]c1cccc([N+](=O)[O-])c1.[C-]#[N+]c1cccc([N+](=O)[O-])c1. The second kappa shape index (κ2) is 30.4. The van der Waals surface area contributed by atoms with Crippen LogP contribution in [0.25, 0.3) is 29.1 Å². The predicted molar refractivity (Wildman–Crippen MR) is 236 cm³/mol. The fourth-order valence-electron chi connectivity index (χ4n) is 4.06. The van der Waals surface area contributed by atoms with Gasteiger partial charge in [0.15, 0.2) is 34.1 Å². The zero-order valence-corrected chi connectivity index (χ0v) is 35.4. The molecule has 25 heteroatoms. The van der Waals surface area contributed by atoms with Crippen molar-refractivity contribution >= 4 is 68.2 Å². The Bertz CT molecular complexity index is 2500. The average molecular weight is 988 g/mol. The number of rotatable bonds is 6. The van der Waals surface area contributed by atoms with Crippen LogP contribution in [0.2, 0.25) is 0 Å². The van der Waals surface area contributed by atoms with Gasteiger partial charge in [-0.25, -0.2) is 29.1 Å². The van der Waals surface area contributed by atoms with Crippen molar-refractivity contribution in [3.63, 3.8) is 0 Å². The van der Waals surface area contributed by atoms with Crippen LogP contribution in [0.15, 0.2) is 146 Å². The van der Waals surface area contributed by atoms with Gasteiger partial charge in [-0.1, -0.05) is 72.8 Å². The van der Waals surface area contributed by atoms with Gasteiger partial charge < -0.3 is 0 Å². The molecular formula is C42H24N12O12Tc. The molecule has 0 aliphatic heterocycles. The van der Waals surface area contributed by atoms with Crippen molar-refractivity contribution in [2.24, 2.45) is 0 Å². The standard InChI is InChI=1S/6C7H4N2O2.Tc/c6*1-8-6-3-2-4-7(5-6)9(10)11;/h6*2-5H;/i;;;;;;1+1. The zero-order valence-electron chi connectivity index (χ0n) is 33.5. The molecule has 0 amide bonds. The van der Waals surface area contributed by atoms with Crippen LogP contribution < -0.4 is 0 Å². The van der Waals surface area contributed by atoms with Crippen LogP contribution in [-0.2, 0) is 20.1 Å². The molecule has 0 aromatic heterocycles. The van der Waals surface area contributed by atoms with Crippen molar-refractivity contribution in [2.75, 3.05) is 0 Å². The van der Waals surface area contributed by atoms with Crippen molar-refractivity contribution in [1.29, 1.82) is 0 Å². The van der Waals surface area contributed by atoms with Crippen molar-refractivity contribution < 1.29 is 49.6 Å². The Balaban J connectivity index is 0.000000778. The second-order valence-electron chi connectivity index (χ2n) is 11.3. The maximum Gasteiger partial charge on any atom is 0.259 e. The summed E-state index contributed by atoms with van der Waals surface area (Å²) in [7, 11) is 0. The summed E-state index contributed by atoms with van der Waals surface area (Å²) in [5.41, 5.74) is 1.49. The molecule has 24 nitrogen and oxygen atoms in total. The number of non-ortho nitro benzene ring substituents is 6. The van der Waals surface area contributed by atoms with E-state index in [1.165, 1.54) is 146 Å². The molecule has 6 aromatic rings. The van der Waals surface area contributed by atoms with E-state index in [-0.39, 0.29) is 54.2 Å². The fraction of sp³-hybridized carbons (Fsp3) is 0. The van der Waals surface area contributed by atoms with E-state index < -0.39 is 29.5 Å². The topological polar surface area (TPSA) is 285 Å². The third-order valence-electron chi connectivity index (χ3n) is 7.02. The number of nitro benzene ring substituents is 6. The molecule has 0 saturated heterocycles. The van der Waals surface area contributed by atoms with Gasteiger partial charge in [0.05, 0.1) is 69.0 Å². The quantitative estimate of drug-likeness (QED) is 0.0855. The van der Waals surface area contributed by atoms with E-state index in [1.54, 1.807) is 0 Å². The number of nitrogens with zero attached hydrogens (tertiary/aromatic N) is 12. The average Bonchev–Trinajstić information content (AvgIpc) is 3.34. The molecule has 6 aromatic carbocycles. The molecule has 0 fully saturated rings. The minimum absolute atomic E-state index is 0. The molecule has 0 unspecified atom stereocenters. The maximum absolute atomic E-state index is 10.2. The Hall–Kier alpha value is -10.7. The van der Waals surface area contributed by atoms with Crippen LogP contribution in [0.3, 0.4) is 0 Å². The Kier molecular flexibility index (Phi) is 25.5. The zero-order chi connectivity index (χ0) is 49.6. The summed E-state index contributed by atoms with van der Waals surface area (Å²) in [6, 6.07) is 33.7. The largest absolute Gasteiger partial charge is 0.259 e. The molecule has 331 valence electrons. The Morgan fingerprint density at radius 1 is 0.269 bits per heavy atom. The summed E-state index contributed by atoms with van der Waals surface area (Å²) in [4.78, 5) is 76.3. The summed E-state index contributed by atoms with van der Waals surface area (Å²) < 4.78 is 0. The van der Waals surface area contributed by atoms with Crippen LogP contribution in [-0.4, -0.2) is 29.5 Å². The molecule has 6 rings (SSSR count). The fourth-order valence-corrected chi connectivity index (χ4v) is 4.06. The Labute approximate surface area is 391 Å². The summed E-state index contributed by atoms with van der Waals surface area (Å²) in [6.07, 6.45) is 0. The normalized spacial score (nSPS) is 8.51. The predicted octanol–water partition coefficient (Wildman–Crippen LogP) is 12.9. The van der Waals surface area contributed by atoms with Crippen molar-refractivity contribution in [3.05, 3.63) is 275 Å². The minimum Gasteiger partial charge on any atom is -0.258 e. The van der Waals surface area contributed by atoms with Crippen LogP contribution in [0, 0.1) is 100 Å². The smallest absolute Gasteiger partial charge is 0.258 e. The van der Waals surface area contributed by atoms with Gasteiger partial charge in [-0.15, -0.1) is 0 Å². The first-order chi connectivity index (χ1) is 31.4. The molecule has 67 heavy (non-hydrogen) atoms. The van der Waals surface area contributed by atoms with E-state index in [9.17, 15) is 60.7 Å².